The minimum Gasteiger partial charge on any atom is -0.314 e. The van der Waals surface area contributed by atoms with Crippen molar-refractivity contribution in [3.8, 4) is 0 Å². The molecule has 0 aliphatic rings. The maximum atomic E-state index is 4.62. The Morgan fingerprint density at radius 3 is 2.47 bits per heavy atom. The Labute approximate surface area is 106 Å². The summed E-state index contributed by atoms with van der Waals surface area (Å²) in [6, 6.07) is 3.15. The van der Waals surface area contributed by atoms with Crippen molar-refractivity contribution in [3.63, 3.8) is 0 Å². The van der Waals surface area contributed by atoms with Crippen molar-refractivity contribution in [1.82, 2.24) is 15.1 Å². The summed E-state index contributed by atoms with van der Waals surface area (Å²) in [4.78, 5) is 0. The number of rotatable bonds is 7. The number of aromatic nitrogens is 2. The molecule has 0 radical (unpaired) electrons. The molecular formula is C14H27N3. The van der Waals surface area contributed by atoms with Crippen LogP contribution in [0.3, 0.4) is 0 Å². The van der Waals surface area contributed by atoms with Crippen LogP contribution in [0.2, 0.25) is 0 Å². The van der Waals surface area contributed by atoms with Crippen molar-refractivity contribution in [2.75, 3.05) is 6.54 Å². The van der Waals surface area contributed by atoms with Gasteiger partial charge in [-0.25, -0.2) is 0 Å². The predicted molar refractivity (Wildman–Crippen MR) is 73.2 cm³/mol. The van der Waals surface area contributed by atoms with Gasteiger partial charge in [-0.05, 0) is 38.8 Å². The van der Waals surface area contributed by atoms with Crippen LogP contribution in [0.5, 0.6) is 0 Å². The van der Waals surface area contributed by atoms with Gasteiger partial charge >= 0.3 is 0 Å². The molecule has 1 rings (SSSR count). The van der Waals surface area contributed by atoms with E-state index in [2.05, 4.69) is 57.3 Å². The zero-order valence-electron chi connectivity index (χ0n) is 11.9. The molecule has 17 heavy (non-hydrogen) atoms. The van der Waals surface area contributed by atoms with Crippen LogP contribution in [0, 0.1) is 5.92 Å². The SMILES string of the molecule is CCNC(Cc1ccn(C(C)C)n1)CC(C)C. The topological polar surface area (TPSA) is 29.9 Å². The molecule has 0 amide bonds. The van der Waals surface area contributed by atoms with Gasteiger partial charge in [0.05, 0.1) is 5.69 Å². The van der Waals surface area contributed by atoms with E-state index in [4.69, 9.17) is 0 Å². The lowest BCUT2D eigenvalue weighted by Gasteiger charge is -2.18. The highest BCUT2D eigenvalue weighted by molar-refractivity contribution is 5.02. The van der Waals surface area contributed by atoms with Crippen molar-refractivity contribution in [1.29, 1.82) is 0 Å². The van der Waals surface area contributed by atoms with E-state index in [1.165, 1.54) is 12.1 Å². The number of likely N-dealkylation sites (N-methyl/N-ethyl adjacent to an activating group) is 1. The van der Waals surface area contributed by atoms with E-state index in [0.29, 0.717) is 12.1 Å². The van der Waals surface area contributed by atoms with E-state index in [-0.39, 0.29) is 0 Å². The van der Waals surface area contributed by atoms with Gasteiger partial charge in [0.25, 0.3) is 0 Å². The van der Waals surface area contributed by atoms with Gasteiger partial charge < -0.3 is 5.32 Å². The van der Waals surface area contributed by atoms with Crippen molar-refractivity contribution < 1.29 is 0 Å². The number of hydrogen-bond acceptors (Lipinski definition) is 2. The highest BCUT2D eigenvalue weighted by atomic mass is 15.3. The molecule has 3 nitrogen and oxygen atoms in total. The fraction of sp³-hybridized carbons (Fsp3) is 0.786. The van der Waals surface area contributed by atoms with Gasteiger partial charge in [-0.1, -0.05) is 20.8 Å². The Morgan fingerprint density at radius 2 is 2.00 bits per heavy atom. The van der Waals surface area contributed by atoms with Crippen molar-refractivity contribution in [2.24, 2.45) is 5.92 Å². The maximum Gasteiger partial charge on any atom is 0.0640 e. The summed E-state index contributed by atoms with van der Waals surface area (Å²) >= 11 is 0. The molecule has 0 aromatic carbocycles. The molecule has 1 N–H and O–H groups in total. The molecule has 0 bridgehead atoms. The summed E-state index contributed by atoms with van der Waals surface area (Å²) < 4.78 is 2.04. The summed E-state index contributed by atoms with van der Waals surface area (Å²) in [7, 11) is 0. The first-order valence-electron chi connectivity index (χ1n) is 6.80. The van der Waals surface area contributed by atoms with Crippen LogP contribution in [-0.2, 0) is 6.42 Å². The Hall–Kier alpha value is -0.830. The van der Waals surface area contributed by atoms with Gasteiger partial charge in [-0.2, -0.15) is 5.10 Å². The molecule has 3 heteroatoms. The molecule has 0 spiro atoms. The quantitative estimate of drug-likeness (QED) is 0.790. The first-order valence-corrected chi connectivity index (χ1v) is 6.80. The third-order valence-corrected chi connectivity index (χ3v) is 2.90. The molecule has 0 saturated heterocycles. The van der Waals surface area contributed by atoms with Gasteiger partial charge in [0.1, 0.15) is 0 Å². The highest BCUT2D eigenvalue weighted by Crippen LogP contribution is 2.11. The Morgan fingerprint density at radius 1 is 1.29 bits per heavy atom. The third-order valence-electron chi connectivity index (χ3n) is 2.90. The molecule has 1 aromatic rings. The van der Waals surface area contributed by atoms with E-state index in [9.17, 15) is 0 Å². The molecule has 0 aliphatic carbocycles. The second kappa shape index (κ2) is 6.80. The fourth-order valence-electron chi connectivity index (χ4n) is 2.12. The van der Waals surface area contributed by atoms with Gasteiger partial charge in [0.2, 0.25) is 0 Å². The summed E-state index contributed by atoms with van der Waals surface area (Å²) in [5, 5.41) is 8.17. The van der Waals surface area contributed by atoms with Crippen LogP contribution in [0.15, 0.2) is 12.3 Å². The number of nitrogens with one attached hydrogen (secondary N) is 1. The van der Waals surface area contributed by atoms with Crippen LogP contribution in [0.4, 0.5) is 0 Å². The molecule has 0 aliphatic heterocycles. The second-order valence-corrected chi connectivity index (χ2v) is 5.47. The van der Waals surface area contributed by atoms with Crippen LogP contribution >= 0.6 is 0 Å². The number of hydrogen-bond donors (Lipinski definition) is 1. The average molecular weight is 237 g/mol. The third kappa shape index (κ3) is 4.90. The van der Waals surface area contributed by atoms with Crippen LogP contribution in [-0.4, -0.2) is 22.4 Å². The molecule has 1 atom stereocenters. The van der Waals surface area contributed by atoms with Crippen LogP contribution < -0.4 is 5.32 Å². The zero-order valence-corrected chi connectivity index (χ0v) is 11.9. The normalized spacial score (nSPS) is 13.6. The van der Waals surface area contributed by atoms with Gasteiger partial charge in [0, 0.05) is 24.7 Å². The fourth-order valence-corrected chi connectivity index (χ4v) is 2.12. The average Bonchev–Trinajstić information content (AvgIpc) is 2.65. The summed E-state index contributed by atoms with van der Waals surface area (Å²) in [5.41, 5.74) is 1.20. The molecule has 1 heterocycles. The maximum absolute atomic E-state index is 4.62. The summed E-state index contributed by atoms with van der Waals surface area (Å²) in [5.74, 6) is 0.728. The van der Waals surface area contributed by atoms with Gasteiger partial charge in [0.15, 0.2) is 0 Å². The van der Waals surface area contributed by atoms with E-state index in [0.717, 1.165) is 18.9 Å². The Bertz CT molecular complexity index is 315. The van der Waals surface area contributed by atoms with E-state index in [1.54, 1.807) is 0 Å². The van der Waals surface area contributed by atoms with Crippen LogP contribution in [0.1, 0.15) is 52.8 Å². The zero-order chi connectivity index (χ0) is 12.8. The predicted octanol–water partition coefficient (Wildman–Crippen LogP) is 3.03. The molecule has 0 fully saturated rings. The largest absolute Gasteiger partial charge is 0.314 e. The first-order chi connectivity index (χ1) is 8.02. The van der Waals surface area contributed by atoms with Gasteiger partial charge in [-0.15, -0.1) is 0 Å². The molecule has 1 aromatic heterocycles. The first kappa shape index (κ1) is 14.2. The van der Waals surface area contributed by atoms with E-state index >= 15 is 0 Å². The molecular weight excluding hydrogens is 210 g/mol. The monoisotopic (exact) mass is 237 g/mol. The molecule has 98 valence electrons. The van der Waals surface area contributed by atoms with Gasteiger partial charge in [-0.3, -0.25) is 4.68 Å². The minimum atomic E-state index is 0.450. The standard InChI is InChI=1S/C14H27N3/c1-6-15-14(9-11(2)3)10-13-7-8-17(16-13)12(4)5/h7-8,11-12,14-15H,6,9-10H2,1-5H3. The summed E-state index contributed by atoms with van der Waals surface area (Å²) in [6.45, 7) is 12.1. The second-order valence-electron chi connectivity index (χ2n) is 5.47. The Kier molecular flexibility index (Phi) is 5.69. The summed E-state index contributed by atoms with van der Waals surface area (Å²) in [6.07, 6.45) is 4.33. The lowest BCUT2D eigenvalue weighted by molar-refractivity contribution is 0.417. The van der Waals surface area contributed by atoms with E-state index < -0.39 is 0 Å². The van der Waals surface area contributed by atoms with Crippen LogP contribution in [0.25, 0.3) is 0 Å². The lowest BCUT2D eigenvalue weighted by atomic mass is 10.00. The lowest BCUT2D eigenvalue weighted by Crippen LogP contribution is -2.32. The molecule has 1 unspecified atom stereocenters. The molecule has 0 saturated carbocycles. The minimum absolute atomic E-state index is 0.450. The Balaban J connectivity index is 2.58. The smallest absolute Gasteiger partial charge is 0.0640 e. The van der Waals surface area contributed by atoms with Crippen molar-refractivity contribution >= 4 is 0 Å². The highest BCUT2D eigenvalue weighted by Gasteiger charge is 2.12. The number of nitrogens with zero attached hydrogens (tertiary/aromatic N) is 2. The van der Waals surface area contributed by atoms with E-state index in [1.807, 2.05) is 4.68 Å². The van der Waals surface area contributed by atoms with Crippen molar-refractivity contribution in [2.45, 2.75) is 59.5 Å². The van der Waals surface area contributed by atoms with Crippen molar-refractivity contribution in [3.05, 3.63) is 18.0 Å².